The second kappa shape index (κ2) is 5.57. The molecule has 20 heavy (non-hydrogen) atoms. The van der Waals surface area contributed by atoms with Crippen LogP contribution in [0.4, 0.5) is 11.5 Å². The molecule has 100 valence electrons. The van der Waals surface area contributed by atoms with Crippen molar-refractivity contribution in [1.29, 1.82) is 5.26 Å². The van der Waals surface area contributed by atoms with Crippen molar-refractivity contribution in [3.8, 4) is 6.07 Å². The molecule has 1 fully saturated rings. The SMILES string of the molecule is N#Cc1cncc(N2CCN(c3ccccc3)CC2)n1. The van der Waals surface area contributed by atoms with Gasteiger partial charge in [-0.25, -0.2) is 4.98 Å². The largest absolute Gasteiger partial charge is 0.368 e. The summed E-state index contributed by atoms with van der Waals surface area (Å²) in [6, 6.07) is 12.4. The molecule has 0 bridgehead atoms. The first kappa shape index (κ1) is 12.4. The summed E-state index contributed by atoms with van der Waals surface area (Å²) < 4.78 is 0. The molecule has 0 amide bonds. The molecule has 1 aliphatic rings. The van der Waals surface area contributed by atoms with Gasteiger partial charge in [0.05, 0.1) is 12.4 Å². The molecule has 1 aromatic heterocycles. The molecule has 0 aliphatic carbocycles. The van der Waals surface area contributed by atoms with Crippen molar-refractivity contribution in [1.82, 2.24) is 9.97 Å². The van der Waals surface area contributed by atoms with Gasteiger partial charge in [0.2, 0.25) is 0 Å². The molecular formula is C15H15N5. The zero-order chi connectivity index (χ0) is 13.8. The first-order valence-corrected chi connectivity index (χ1v) is 6.64. The van der Waals surface area contributed by atoms with Crippen LogP contribution < -0.4 is 9.80 Å². The smallest absolute Gasteiger partial charge is 0.161 e. The Morgan fingerprint density at radius 3 is 2.35 bits per heavy atom. The number of nitrogens with zero attached hydrogens (tertiary/aromatic N) is 5. The minimum Gasteiger partial charge on any atom is -0.368 e. The highest BCUT2D eigenvalue weighted by atomic mass is 15.3. The number of aromatic nitrogens is 2. The minimum atomic E-state index is 0.369. The predicted octanol–water partition coefficient (Wildman–Crippen LogP) is 1.67. The highest BCUT2D eigenvalue weighted by Crippen LogP contribution is 2.18. The van der Waals surface area contributed by atoms with Crippen LogP contribution in [0.25, 0.3) is 0 Å². The summed E-state index contributed by atoms with van der Waals surface area (Å²) in [5.74, 6) is 0.789. The summed E-state index contributed by atoms with van der Waals surface area (Å²) in [4.78, 5) is 12.9. The maximum atomic E-state index is 8.87. The maximum Gasteiger partial charge on any atom is 0.161 e. The fourth-order valence-corrected chi connectivity index (χ4v) is 2.39. The highest BCUT2D eigenvalue weighted by molar-refractivity contribution is 5.49. The number of piperazine rings is 1. The predicted molar refractivity (Wildman–Crippen MR) is 77.6 cm³/mol. The summed E-state index contributed by atoms with van der Waals surface area (Å²) >= 11 is 0. The molecule has 0 unspecified atom stereocenters. The van der Waals surface area contributed by atoms with Crippen LogP contribution >= 0.6 is 0 Å². The van der Waals surface area contributed by atoms with Crippen LogP contribution in [0.5, 0.6) is 0 Å². The second-order valence-electron chi connectivity index (χ2n) is 4.68. The van der Waals surface area contributed by atoms with Gasteiger partial charge in [-0.1, -0.05) is 18.2 Å². The van der Waals surface area contributed by atoms with Crippen LogP contribution in [0.2, 0.25) is 0 Å². The lowest BCUT2D eigenvalue weighted by Crippen LogP contribution is -2.46. The molecular weight excluding hydrogens is 250 g/mol. The number of hydrogen-bond donors (Lipinski definition) is 0. The third kappa shape index (κ3) is 2.54. The minimum absolute atomic E-state index is 0.369. The summed E-state index contributed by atoms with van der Waals surface area (Å²) in [6.45, 7) is 3.67. The number of rotatable bonds is 2. The third-order valence-corrected chi connectivity index (χ3v) is 3.46. The molecule has 1 aromatic carbocycles. The zero-order valence-corrected chi connectivity index (χ0v) is 11.1. The van der Waals surface area contributed by atoms with Crippen molar-refractivity contribution in [2.24, 2.45) is 0 Å². The average Bonchev–Trinajstić information content (AvgIpc) is 2.56. The Labute approximate surface area is 118 Å². The van der Waals surface area contributed by atoms with Gasteiger partial charge in [-0.2, -0.15) is 5.26 Å². The first-order valence-electron chi connectivity index (χ1n) is 6.64. The Hall–Kier alpha value is -2.61. The van der Waals surface area contributed by atoms with Crippen LogP contribution in [0, 0.1) is 11.3 Å². The Morgan fingerprint density at radius 2 is 1.65 bits per heavy atom. The van der Waals surface area contributed by atoms with Crippen LogP contribution in [-0.2, 0) is 0 Å². The molecule has 0 saturated carbocycles. The van der Waals surface area contributed by atoms with Crippen LogP contribution in [-0.4, -0.2) is 36.1 Å². The molecule has 2 aromatic rings. The lowest BCUT2D eigenvalue weighted by atomic mass is 10.2. The van der Waals surface area contributed by atoms with Gasteiger partial charge in [0, 0.05) is 31.9 Å². The quantitative estimate of drug-likeness (QED) is 0.826. The number of nitriles is 1. The van der Waals surface area contributed by atoms with Gasteiger partial charge in [-0.15, -0.1) is 0 Å². The summed E-state index contributed by atoms with van der Waals surface area (Å²) in [5.41, 5.74) is 1.62. The van der Waals surface area contributed by atoms with Crippen LogP contribution in [0.3, 0.4) is 0 Å². The fraction of sp³-hybridized carbons (Fsp3) is 0.267. The van der Waals surface area contributed by atoms with Gasteiger partial charge in [-0.05, 0) is 12.1 Å². The molecule has 1 aliphatic heterocycles. The van der Waals surface area contributed by atoms with Gasteiger partial charge >= 0.3 is 0 Å². The van der Waals surface area contributed by atoms with E-state index in [1.807, 2.05) is 12.1 Å². The molecule has 3 rings (SSSR count). The zero-order valence-electron chi connectivity index (χ0n) is 11.1. The van der Waals surface area contributed by atoms with E-state index in [0.717, 1.165) is 32.0 Å². The number of benzene rings is 1. The summed E-state index contributed by atoms with van der Waals surface area (Å²) in [5, 5.41) is 8.87. The van der Waals surface area contributed by atoms with Crippen molar-refractivity contribution in [3.63, 3.8) is 0 Å². The number of para-hydroxylation sites is 1. The van der Waals surface area contributed by atoms with Crippen molar-refractivity contribution < 1.29 is 0 Å². The first-order chi connectivity index (χ1) is 9.86. The van der Waals surface area contributed by atoms with Crippen molar-refractivity contribution >= 4 is 11.5 Å². The molecule has 5 heteroatoms. The highest BCUT2D eigenvalue weighted by Gasteiger charge is 2.18. The standard InChI is InChI=1S/C15H15N5/c16-10-13-11-17-12-15(18-13)20-8-6-19(7-9-20)14-4-2-1-3-5-14/h1-5,11-12H,6-9H2. The number of anilines is 2. The normalized spacial score (nSPS) is 14.9. The van der Waals surface area contributed by atoms with Crippen molar-refractivity contribution in [3.05, 3.63) is 48.4 Å². The molecule has 1 saturated heterocycles. The van der Waals surface area contributed by atoms with Crippen LogP contribution in [0.1, 0.15) is 5.69 Å². The van der Waals surface area contributed by atoms with E-state index >= 15 is 0 Å². The third-order valence-electron chi connectivity index (χ3n) is 3.46. The van der Waals surface area contributed by atoms with E-state index in [-0.39, 0.29) is 0 Å². The van der Waals surface area contributed by atoms with E-state index in [1.165, 1.54) is 11.9 Å². The Morgan fingerprint density at radius 1 is 0.950 bits per heavy atom. The van der Waals surface area contributed by atoms with E-state index in [0.29, 0.717) is 5.69 Å². The molecule has 0 atom stereocenters. The Balaban J connectivity index is 1.68. The molecule has 5 nitrogen and oxygen atoms in total. The molecule has 0 N–H and O–H groups in total. The lowest BCUT2D eigenvalue weighted by molar-refractivity contribution is 0.646. The summed E-state index contributed by atoms with van der Waals surface area (Å²) in [6.07, 6.45) is 3.21. The fourth-order valence-electron chi connectivity index (χ4n) is 2.39. The lowest BCUT2D eigenvalue weighted by Gasteiger charge is -2.36. The van der Waals surface area contributed by atoms with Gasteiger partial charge in [0.25, 0.3) is 0 Å². The second-order valence-corrected chi connectivity index (χ2v) is 4.68. The van der Waals surface area contributed by atoms with E-state index in [4.69, 9.17) is 5.26 Å². The topological polar surface area (TPSA) is 56.1 Å². The van der Waals surface area contributed by atoms with Crippen molar-refractivity contribution in [2.75, 3.05) is 36.0 Å². The van der Waals surface area contributed by atoms with E-state index in [1.54, 1.807) is 6.20 Å². The Bertz CT molecular complexity index is 612. The van der Waals surface area contributed by atoms with Gasteiger partial charge in [0.1, 0.15) is 11.9 Å². The van der Waals surface area contributed by atoms with E-state index in [9.17, 15) is 0 Å². The monoisotopic (exact) mass is 265 g/mol. The van der Waals surface area contributed by atoms with E-state index < -0.39 is 0 Å². The van der Waals surface area contributed by atoms with E-state index in [2.05, 4.69) is 44.0 Å². The van der Waals surface area contributed by atoms with Crippen LogP contribution in [0.15, 0.2) is 42.7 Å². The summed E-state index contributed by atoms with van der Waals surface area (Å²) in [7, 11) is 0. The Kier molecular flexibility index (Phi) is 3.46. The van der Waals surface area contributed by atoms with Gasteiger partial charge in [-0.3, -0.25) is 4.98 Å². The molecule has 0 spiro atoms. The maximum absolute atomic E-state index is 8.87. The van der Waals surface area contributed by atoms with Gasteiger partial charge in [0.15, 0.2) is 5.69 Å². The average molecular weight is 265 g/mol. The van der Waals surface area contributed by atoms with Crippen molar-refractivity contribution in [2.45, 2.75) is 0 Å². The molecule has 0 radical (unpaired) electrons. The molecule has 2 heterocycles. The van der Waals surface area contributed by atoms with Gasteiger partial charge < -0.3 is 9.80 Å². The number of hydrogen-bond acceptors (Lipinski definition) is 5.